The highest BCUT2D eigenvalue weighted by Crippen LogP contribution is 2.17. The number of hydrogen-bond donors (Lipinski definition) is 0. The van der Waals surface area contributed by atoms with E-state index < -0.39 is 0 Å². The van der Waals surface area contributed by atoms with E-state index in [2.05, 4.69) is 36.9 Å². The van der Waals surface area contributed by atoms with Crippen LogP contribution in [0.15, 0.2) is 28.7 Å². The van der Waals surface area contributed by atoms with Gasteiger partial charge in [-0.3, -0.25) is 0 Å². The van der Waals surface area contributed by atoms with Crippen molar-refractivity contribution >= 4 is 0 Å². The molecule has 0 aromatic rings. The van der Waals surface area contributed by atoms with E-state index in [9.17, 15) is 10.2 Å². The Balaban J connectivity index is 4.73. The molecule has 0 saturated carbocycles. The van der Waals surface area contributed by atoms with Crippen molar-refractivity contribution in [2.75, 3.05) is 13.1 Å². The molecule has 0 spiro atoms. The molecule has 27 heavy (non-hydrogen) atoms. The van der Waals surface area contributed by atoms with Gasteiger partial charge in [-0.25, -0.2) is 0 Å². The van der Waals surface area contributed by atoms with Crippen molar-refractivity contribution in [2.45, 2.75) is 98.3 Å². The summed E-state index contributed by atoms with van der Waals surface area (Å²) in [5, 5.41) is 12.5. The average molecular weight is 376 g/mol. The summed E-state index contributed by atoms with van der Waals surface area (Å²) >= 11 is 0. The van der Waals surface area contributed by atoms with E-state index in [-0.39, 0.29) is 5.92 Å². The molecule has 0 amide bonds. The fraction of sp³-hybridized carbons (Fsp3) is 0.783. The van der Waals surface area contributed by atoms with Crippen LogP contribution >= 0.6 is 0 Å². The topological polar surface area (TPSA) is 56.5 Å². The van der Waals surface area contributed by atoms with Crippen molar-refractivity contribution in [3.05, 3.63) is 28.5 Å². The van der Waals surface area contributed by atoms with Crippen LogP contribution in [0, 0.1) is 22.2 Å². The van der Waals surface area contributed by atoms with Crippen LogP contribution in [0.3, 0.4) is 0 Å². The van der Waals surface area contributed by atoms with Gasteiger partial charge in [-0.2, -0.15) is 5.26 Å². The first-order valence-corrected chi connectivity index (χ1v) is 10.9. The Bertz CT molecular complexity index is 477. The number of nitriles is 1. The van der Waals surface area contributed by atoms with E-state index in [1.165, 1.54) is 51.4 Å². The summed E-state index contributed by atoms with van der Waals surface area (Å²) in [6.07, 6.45) is 17.1. The molecule has 4 heteroatoms. The van der Waals surface area contributed by atoms with Crippen molar-refractivity contribution in [3.63, 3.8) is 0 Å². The van der Waals surface area contributed by atoms with Crippen LogP contribution < -0.4 is 0 Å². The van der Waals surface area contributed by atoms with Gasteiger partial charge < -0.3 is 4.90 Å². The van der Waals surface area contributed by atoms with Crippen LogP contribution in [0.25, 0.3) is 0 Å². The maximum absolute atomic E-state index is 10.6. The molecule has 0 aromatic carbocycles. The van der Waals surface area contributed by atoms with E-state index in [0.29, 0.717) is 5.70 Å². The van der Waals surface area contributed by atoms with Gasteiger partial charge in [0, 0.05) is 18.8 Å². The van der Waals surface area contributed by atoms with Crippen molar-refractivity contribution in [1.29, 1.82) is 5.26 Å². The monoisotopic (exact) mass is 375 g/mol. The van der Waals surface area contributed by atoms with Crippen molar-refractivity contribution in [2.24, 2.45) is 11.1 Å². The Morgan fingerprint density at radius 3 is 2.15 bits per heavy atom. The van der Waals surface area contributed by atoms with Crippen LogP contribution in [0.2, 0.25) is 0 Å². The molecule has 1 unspecified atom stereocenters. The molecule has 0 N–H and O–H groups in total. The molecule has 0 aliphatic rings. The molecule has 0 saturated heterocycles. The van der Waals surface area contributed by atoms with Crippen molar-refractivity contribution < 1.29 is 0 Å². The lowest BCUT2D eigenvalue weighted by Gasteiger charge is -2.27. The molecule has 0 bridgehead atoms. The van der Waals surface area contributed by atoms with E-state index >= 15 is 0 Å². The lowest BCUT2D eigenvalue weighted by Crippen LogP contribution is -2.29. The smallest absolute Gasteiger partial charge is 0.0818 e. The Hall–Kier alpha value is -1.63. The van der Waals surface area contributed by atoms with Crippen LogP contribution in [0.4, 0.5) is 0 Å². The fourth-order valence-corrected chi connectivity index (χ4v) is 3.15. The number of unbranched alkanes of at least 4 members (excludes halogenated alkanes) is 8. The highest BCUT2D eigenvalue weighted by molar-refractivity contribution is 5.14. The van der Waals surface area contributed by atoms with Crippen LogP contribution in [-0.2, 0) is 0 Å². The van der Waals surface area contributed by atoms with Crippen LogP contribution in [-0.4, -0.2) is 18.0 Å². The molecular formula is C23H41N3O. The zero-order valence-electron chi connectivity index (χ0n) is 18.2. The summed E-state index contributed by atoms with van der Waals surface area (Å²) in [4.78, 5) is 12.9. The minimum atomic E-state index is 0.0690. The molecule has 0 aromatic heterocycles. The van der Waals surface area contributed by atoms with Gasteiger partial charge in [-0.05, 0) is 44.0 Å². The zero-order valence-corrected chi connectivity index (χ0v) is 18.2. The first-order valence-electron chi connectivity index (χ1n) is 10.9. The summed E-state index contributed by atoms with van der Waals surface area (Å²) in [6.45, 7) is 9.98. The quantitative estimate of drug-likeness (QED) is 0.152. The predicted octanol–water partition coefficient (Wildman–Crippen LogP) is 7.33. The van der Waals surface area contributed by atoms with Gasteiger partial charge in [0.2, 0.25) is 0 Å². The summed E-state index contributed by atoms with van der Waals surface area (Å²) in [5.41, 5.74) is 1.59. The molecule has 0 heterocycles. The predicted molar refractivity (Wildman–Crippen MR) is 116 cm³/mol. The molecule has 154 valence electrons. The standard InChI is InChI=1S/C23H41N3O/c1-5-7-9-11-12-14-18-26(22(4)17-16-21(3)25-27)20-23(19-24)15-13-10-8-6-2/h16-17,23H,5-15,18,20H2,1-4H3/b21-16+,22-17+. The third kappa shape index (κ3) is 14.1. The zero-order chi connectivity index (χ0) is 20.3. The van der Waals surface area contributed by atoms with Gasteiger partial charge in [-0.1, -0.05) is 71.6 Å². The number of nitroso groups, excluding NO2 is 1. The maximum Gasteiger partial charge on any atom is 0.0818 e. The number of allylic oxidation sites excluding steroid dienone is 4. The molecule has 4 nitrogen and oxygen atoms in total. The van der Waals surface area contributed by atoms with Crippen molar-refractivity contribution in [1.82, 2.24) is 4.90 Å². The summed E-state index contributed by atoms with van der Waals surface area (Å²) < 4.78 is 0. The average Bonchev–Trinajstić information content (AvgIpc) is 2.69. The second-order valence-electron chi connectivity index (χ2n) is 7.60. The molecule has 0 aliphatic heterocycles. The van der Waals surface area contributed by atoms with Gasteiger partial charge in [0.1, 0.15) is 0 Å². The van der Waals surface area contributed by atoms with E-state index in [1.54, 1.807) is 13.0 Å². The van der Waals surface area contributed by atoms with Gasteiger partial charge in [0.15, 0.2) is 0 Å². The lowest BCUT2D eigenvalue weighted by atomic mass is 10.0. The summed E-state index contributed by atoms with van der Waals surface area (Å²) in [7, 11) is 0. The number of hydrogen-bond acceptors (Lipinski definition) is 4. The van der Waals surface area contributed by atoms with Gasteiger partial charge >= 0.3 is 0 Å². The SMILES string of the molecule is CCCCCCCCN(CC(C#N)CCCCCC)/C(C)=C/C=C(\C)N=O. The van der Waals surface area contributed by atoms with E-state index in [0.717, 1.165) is 38.0 Å². The largest absolute Gasteiger partial charge is 0.374 e. The maximum atomic E-state index is 10.6. The molecule has 0 fully saturated rings. The first-order chi connectivity index (χ1) is 13.1. The van der Waals surface area contributed by atoms with Crippen LogP contribution in [0.1, 0.15) is 98.3 Å². The first kappa shape index (κ1) is 25.4. The Labute approximate surface area is 167 Å². The highest BCUT2D eigenvalue weighted by Gasteiger charge is 2.14. The highest BCUT2D eigenvalue weighted by atomic mass is 16.3. The molecule has 1 atom stereocenters. The Morgan fingerprint density at radius 2 is 1.56 bits per heavy atom. The number of nitrogens with zero attached hydrogens (tertiary/aromatic N) is 3. The summed E-state index contributed by atoms with van der Waals surface area (Å²) in [5.74, 6) is 0.0690. The fourth-order valence-electron chi connectivity index (χ4n) is 3.15. The van der Waals surface area contributed by atoms with Gasteiger partial charge in [0.05, 0.1) is 17.7 Å². The second-order valence-corrected chi connectivity index (χ2v) is 7.60. The van der Waals surface area contributed by atoms with Gasteiger partial charge in [-0.15, -0.1) is 4.91 Å². The minimum absolute atomic E-state index is 0.0690. The third-order valence-corrected chi connectivity index (χ3v) is 5.02. The number of rotatable bonds is 17. The van der Waals surface area contributed by atoms with E-state index in [4.69, 9.17) is 0 Å². The van der Waals surface area contributed by atoms with E-state index in [1.807, 2.05) is 6.08 Å². The lowest BCUT2D eigenvalue weighted by molar-refractivity contribution is 0.294. The molecule has 0 radical (unpaired) electrons. The minimum Gasteiger partial charge on any atom is -0.374 e. The van der Waals surface area contributed by atoms with Gasteiger partial charge in [0.25, 0.3) is 0 Å². The second kappa shape index (κ2) is 17.8. The third-order valence-electron chi connectivity index (χ3n) is 5.02. The molecule has 0 rings (SSSR count). The Morgan fingerprint density at radius 1 is 0.963 bits per heavy atom. The molecular weight excluding hydrogens is 334 g/mol. The van der Waals surface area contributed by atoms with Crippen molar-refractivity contribution in [3.8, 4) is 6.07 Å². The Kier molecular flexibility index (Phi) is 16.7. The summed E-state index contributed by atoms with van der Waals surface area (Å²) in [6, 6.07) is 2.51. The molecule has 0 aliphatic carbocycles. The normalized spacial score (nSPS) is 13.3. The van der Waals surface area contributed by atoms with Crippen LogP contribution in [0.5, 0.6) is 0 Å².